The van der Waals surface area contributed by atoms with E-state index in [-0.39, 0.29) is 11.7 Å². The largest absolute Gasteiger partial charge is 0.507 e. The van der Waals surface area contributed by atoms with E-state index in [2.05, 4.69) is 20.9 Å². The number of phenolic OH excluding ortho intramolecular Hbond substituents is 1. The third-order valence-corrected chi connectivity index (χ3v) is 4.88. The lowest BCUT2D eigenvalue weighted by Crippen LogP contribution is -2.33. The minimum absolute atomic E-state index is 0.216. The van der Waals surface area contributed by atoms with Gasteiger partial charge >= 0.3 is 0 Å². The second-order valence-corrected chi connectivity index (χ2v) is 6.39. The van der Waals surface area contributed by atoms with Crippen LogP contribution >= 0.6 is 15.9 Å². The molecule has 19 heavy (non-hydrogen) atoms. The summed E-state index contributed by atoms with van der Waals surface area (Å²) in [5.74, 6) is 0.502. The number of benzene rings is 1. The molecule has 0 aliphatic heterocycles. The standard InChI is InChI=1S/C15H18BrNO2/c1-9(2)11-7-12(16)10(3)13(14(11)19)15(17-8-18)5-4-6-15/h7,9,19H,4-6H2,1-3H3. The highest BCUT2D eigenvalue weighted by Crippen LogP contribution is 2.52. The Labute approximate surface area is 121 Å². The Balaban J connectivity index is 2.71. The molecular weight excluding hydrogens is 306 g/mol. The summed E-state index contributed by atoms with van der Waals surface area (Å²) in [6.45, 7) is 6.03. The highest BCUT2D eigenvalue weighted by molar-refractivity contribution is 9.10. The summed E-state index contributed by atoms with van der Waals surface area (Å²) in [6, 6.07) is 1.95. The number of aliphatic imine (C=N–C) groups is 1. The predicted octanol–water partition coefficient (Wildman–Crippen LogP) is 4.30. The van der Waals surface area contributed by atoms with E-state index in [0.717, 1.165) is 40.4 Å². The van der Waals surface area contributed by atoms with E-state index in [1.165, 1.54) is 0 Å². The first-order valence-corrected chi connectivity index (χ1v) is 7.33. The van der Waals surface area contributed by atoms with Gasteiger partial charge in [0.25, 0.3) is 0 Å². The van der Waals surface area contributed by atoms with Crippen molar-refractivity contribution in [2.75, 3.05) is 0 Å². The van der Waals surface area contributed by atoms with Gasteiger partial charge in [0.1, 0.15) is 11.3 Å². The molecule has 1 aliphatic rings. The molecule has 0 atom stereocenters. The number of aromatic hydroxyl groups is 1. The summed E-state index contributed by atoms with van der Waals surface area (Å²) in [6.07, 6.45) is 4.29. The number of nitrogens with zero attached hydrogens (tertiary/aromatic N) is 1. The van der Waals surface area contributed by atoms with Crippen molar-refractivity contribution in [3.05, 3.63) is 27.2 Å². The van der Waals surface area contributed by atoms with Crippen LogP contribution in [0.2, 0.25) is 0 Å². The van der Waals surface area contributed by atoms with Gasteiger partial charge in [-0.15, -0.1) is 0 Å². The Bertz CT molecular complexity index is 556. The van der Waals surface area contributed by atoms with Crippen LogP contribution in [0.1, 0.15) is 55.7 Å². The molecule has 0 radical (unpaired) electrons. The lowest BCUT2D eigenvalue weighted by Gasteiger charge is -2.39. The topological polar surface area (TPSA) is 49.7 Å². The van der Waals surface area contributed by atoms with Crippen LogP contribution in [0.3, 0.4) is 0 Å². The van der Waals surface area contributed by atoms with Gasteiger partial charge in [-0.1, -0.05) is 29.8 Å². The van der Waals surface area contributed by atoms with Crippen LogP contribution in [-0.4, -0.2) is 11.2 Å². The molecule has 0 aromatic heterocycles. The van der Waals surface area contributed by atoms with Crippen LogP contribution in [0.25, 0.3) is 0 Å². The number of rotatable bonds is 3. The van der Waals surface area contributed by atoms with Crippen molar-refractivity contribution in [2.24, 2.45) is 4.99 Å². The predicted molar refractivity (Wildman–Crippen MR) is 78.3 cm³/mol. The highest BCUT2D eigenvalue weighted by atomic mass is 79.9. The summed E-state index contributed by atoms with van der Waals surface area (Å²) < 4.78 is 0.955. The number of carbonyl (C=O) groups excluding carboxylic acids is 1. The van der Waals surface area contributed by atoms with Gasteiger partial charge in [0.05, 0.1) is 0 Å². The van der Waals surface area contributed by atoms with Crippen LogP contribution in [-0.2, 0) is 10.3 Å². The molecular formula is C15H18BrNO2. The molecule has 0 unspecified atom stereocenters. The molecule has 102 valence electrons. The van der Waals surface area contributed by atoms with Crippen molar-refractivity contribution in [3.8, 4) is 5.75 Å². The zero-order valence-electron chi connectivity index (χ0n) is 11.5. The van der Waals surface area contributed by atoms with E-state index in [9.17, 15) is 9.90 Å². The zero-order valence-corrected chi connectivity index (χ0v) is 13.0. The van der Waals surface area contributed by atoms with Gasteiger partial charge in [0.15, 0.2) is 0 Å². The van der Waals surface area contributed by atoms with E-state index in [1.807, 2.05) is 26.8 Å². The molecule has 3 nitrogen and oxygen atoms in total. The van der Waals surface area contributed by atoms with Gasteiger partial charge in [-0.25, -0.2) is 4.79 Å². The molecule has 1 fully saturated rings. The summed E-state index contributed by atoms with van der Waals surface area (Å²) in [7, 11) is 0. The fraction of sp³-hybridized carbons (Fsp3) is 0.533. The fourth-order valence-electron chi connectivity index (χ4n) is 2.78. The zero-order chi connectivity index (χ0) is 14.2. The second-order valence-electron chi connectivity index (χ2n) is 5.54. The first kappa shape index (κ1) is 14.3. The quantitative estimate of drug-likeness (QED) is 0.665. The van der Waals surface area contributed by atoms with Crippen LogP contribution in [0, 0.1) is 6.92 Å². The summed E-state index contributed by atoms with van der Waals surface area (Å²) >= 11 is 3.54. The molecule has 1 saturated carbocycles. The smallest absolute Gasteiger partial charge is 0.235 e. The number of isocyanates is 1. The fourth-order valence-corrected chi connectivity index (χ4v) is 3.23. The Morgan fingerprint density at radius 3 is 2.53 bits per heavy atom. The van der Waals surface area contributed by atoms with Crippen LogP contribution in [0.4, 0.5) is 0 Å². The van der Waals surface area contributed by atoms with Gasteiger partial charge in [-0.05, 0) is 49.3 Å². The van der Waals surface area contributed by atoms with Gasteiger partial charge < -0.3 is 5.11 Å². The molecule has 0 bridgehead atoms. The molecule has 0 saturated heterocycles. The maximum absolute atomic E-state index is 10.7. The molecule has 0 spiro atoms. The third-order valence-electron chi connectivity index (χ3n) is 4.05. The third kappa shape index (κ3) is 2.24. The van der Waals surface area contributed by atoms with E-state index < -0.39 is 5.54 Å². The first-order valence-electron chi connectivity index (χ1n) is 6.54. The summed E-state index contributed by atoms with van der Waals surface area (Å²) in [4.78, 5) is 14.7. The molecule has 1 N–H and O–H groups in total. The normalized spacial score (nSPS) is 16.9. The average molecular weight is 324 g/mol. The SMILES string of the molecule is Cc1c(Br)cc(C(C)C)c(O)c1C1(N=C=O)CCC1. The van der Waals surface area contributed by atoms with Crippen LogP contribution in [0.15, 0.2) is 15.5 Å². The van der Waals surface area contributed by atoms with E-state index >= 15 is 0 Å². The Morgan fingerprint density at radius 1 is 1.47 bits per heavy atom. The maximum atomic E-state index is 10.7. The molecule has 2 rings (SSSR count). The van der Waals surface area contributed by atoms with Crippen molar-refractivity contribution in [1.29, 1.82) is 0 Å². The van der Waals surface area contributed by atoms with E-state index in [4.69, 9.17) is 0 Å². The van der Waals surface area contributed by atoms with Crippen molar-refractivity contribution in [1.82, 2.24) is 0 Å². The molecule has 0 heterocycles. The lowest BCUT2D eigenvalue weighted by molar-refractivity contribution is 0.245. The molecule has 1 aromatic rings. The second kappa shape index (κ2) is 5.10. The minimum Gasteiger partial charge on any atom is -0.507 e. The Hall–Kier alpha value is -1.12. The minimum atomic E-state index is -0.566. The number of halogens is 1. The Morgan fingerprint density at radius 2 is 2.11 bits per heavy atom. The van der Waals surface area contributed by atoms with Crippen molar-refractivity contribution < 1.29 is 9.90 Å². The average Bonchev–Trinajstić information content (AvgIpc) is 2.30. The van der Waals surface area contributed by atoms with Crippen LogP contribution < -0.4 is 0 Å². The number of phenols is 1. The van der Waals surface area contributed by atoms with E-state index in [0.29, 0.717) is 0 Å². The highest BCUT2D eigenvalue weighted by Gasteiger charge is 2.43. The van der Waals surface area contributed by atoms with Crippen molar-refractivity contribution in [2.45, 2.75) is 51.5 Å². The van der Waals surface area contributed by atoms with Gasteiger partial charge in [-0.3, -0.25) is 0 Å². The first-order chi connectivity index (χ1) is 8.93. The Kier molecular flexibility index (Phi) is 3.84. The maximum Gasteiger partial charge on any atom is 0.235 e. The summed E-state index contributed by atoms with van der Waals surface area (Å²) in [5.41, 5.74) is 2.07. The number of hydrogen-bond acceptors (Lipinski definition) is 3. The monoisotopic (exact) mass is 323 g/mol. The van der Waals surface area contributed by atoms with Gasteiger partial charge in [0, 0.05) is 10.0 Å². The van der Waals surface area contributed by atoms with Crippen molar-refractivity contribution in [3.63, 3.8) is 0 Å². The molecule has 1 aliphatic carbocycles. The molecule has 4 heteroatoms. The van der Waals surface area contributed by atoms with Crippen LogP contribution in [0.5, 0.6) is 5.75 Å². The number of hydrogen-bond donors (Lipinski definition) is 1. The van der Waals surface area contributed by atoms with Gasteiger partial charge in [-0.2, -0.15) is 4.99 Å². The van der Waals surface area contributed by atoms with Crippen molar-refractivity contribution >= 4 is 22.0 Å². The van der Waals surface area contributed by atoms with E-state index in [1.54, 1.807) is 6.08 Å². The summed E-state index contributed by atoms with van der Waals surface area (Å²) in [5, 5.41) is 10.6. The molecule has 1 aromatic carbocycles. The van der Waals surface area contributed by atoms with Gasteiger partial charge in [0.2, 0.25) is 6.08 Å². The molecule has 0 amide bonds. The lowest BCUT2D eigenvalue weighted by atomic mass is 9.70.